The largest absolute Gasteiger partial charge is 0.480 e. The zero-order chi connectivity index (χ0) is 16.4. The highest BCUT2D eigenvalue weighted by molar-refractivity contribution is 5.76. The molecule has 1 unspecified atom stereocenters. The molecule has 0 aromatic heterocycles. The van der Waals surface area contributed by atoms with E-state index in [9.17, 15) is 18.0 Å². The minimum atomic E-state index is -4.58. The monoisotopic (exact) mass is 313 g/mol. The molecule has 2 rings (SSSR count). The van der Waals surface area contributed by atoms with Crippen molar-refractivity contribution in [3.8, 4) is 0 Å². The van der Waals surface area contributed by atoms with E-state index in [-0.39, 0.29) is 12.0 Å². The highest BCUT2D eigenvalue weighted by atomic mass is 19.4. The number of hydrogen-bond acceptors (Lipinski definition) is 4. The van der Waals surface area contributed by atoms with E-state index in [0.717, 1.165) is 12.4 Å². The van der Waals surface area contributed by atoms with Gasteiger partial charge in [0, 0.05) is 18.6 Å². The van der Waals surface area contributed by atoms with E-state index < -0.39 is 23.7 Å². The van der Waals surface area contributed by atoms with E-state index in [1.807, 2.05) is 0 Å². The van der Waals surface area contributed by atoms with Crippen molar-refractivity contribution in [3.63, 3.8) is 0 Å². The SMILES string of the molecule is N[C@@H](Cc1ccc(C2(C(F)(F)F)C=NC=CN2)cc1)C(=O)O. The molecule has 5 nitrogen and oxygen atoms in total. The Bertz CT molecular complexity index is 611. The number of aliphatic imine (C=N–C) groups is 1. The summed E-state index contributed by atoms with van der Waals surface area (Å²) in [6.45, 7) is 0. The fraction of sp³-hybridized carbons (Fsp3) is 0.286. The van der Waals surface area contributed by atoms with Gasteiger partial charge in [-0.2, -0.15) is 13.2 Å². The molecule has 0 spiro atoms. The van der Waals surface area contributed by atoms with Crippen LogP contribution in [0.4, 0.5) is 13.2 Å². The molecule has 1 aliphatic rings. The molecule has 4 N–H and O–H groups in total. The molecular weight excluding hydrogens is 299 g/mol. The minimum absolute atomic E-state index is 0.0377. The fourth-order valence-corrected chi connectivity index (χ4v) is 2.13. The lowest BCUT2D eigenvalue weighted by atomic mass is 9.88. The van der Waals surface area contributed by atoms with E-state index >= 15 is 0 Å². The Hall–Kier alpha value is -2.35. The Balaban J connectivity index is 2.30. The number of rotatable bonds is 4. The normalized spacial score (nSPS) is 22.2. The van der Waals surface area contributed by atoms with Crippen molar-refractivity contribution in [3.05, 3.63) is 47.8 Å². The van der Waals surface area contributed by atoms with Crippen molar-refractivity contribution < 1.29 is 23.1 Å². The van der Waals surface area contributed by atoms with E-state index in [0.29, 0.717) is 5.56 Å². The number of hydrogen-bond donors (Lipinski definition) is 3. The summed E-state index contributed by atoms with van der Waals surface area (Å²) in [5.74, 6) is -1.16. The van der Waals surface area contributed by atoms with Gasteiger partial charge < -0.3 is 16.2 Å². The molecule has 0 saturated carbocycles. The number of carboxylic acid groups (broad SMARTS) is 1. The Morgan fingerprint density at radius 1 is 1.36 bits per heavy atom. The summed E-state index contributed by atoms with van der Waals surface area (Å²) in [7, 11) is 0. The summed E-state index contributed by atoms with van der Waals surface area (Å²) in [5, 5.41) is 11.0. The van der Waals surface area contributed by atoms with E-state index in [2.05, 4.69) is 10.3 Å². The fourth-order valence-electron chi connectivity index (χ4n) is 2.13. The second-order valence-corrected chi connectivity index (χ2v) is 4.89. The highest BCUT2D eigenvalue weighted by Crippen LogP contribution is 2.38. The van der Waals surface area contributed by atoms with E-state index in [1.54, 1.807) is 0 Å². The number of nitrogens with two attached hydrogens (primary N) is 1. The third-order valence-corrected chi connectivity index (χ3v) is 3.37. The molecule has 8 heteroatoms. The lowest BCUT2D eigenvalue weighted by Crippen LogP contribution is -2.54. The van der Waals surface area contributed by atoms with Gasteiger partial charge in [-0.3, -0.25) is 9.79 Å². The van der Waals surface area contributed by atoms with Crippen molar-refractivity contribution >= 4 is 12.2 Å². The van der Waals surface area contributed by atoms with Gasteiger partial charge >= 0.3 is 12.1 Å². The van der Waals surface area contributed by atoms with Crippen molar-refractivity contribution in [2.45, 2.75) is 24.2 Å². The number of aliphatic carboxylic acids is 1. The lowest BCUT2D eigenvalue weighted by Gasteiger charge is -2.34. The van der Waals surface area contributed by atoms with Gasteiger partial charge in [0.05, 0.1) is 0 Å². The Morgan fingerprint density at radius 2 is 2.00 bits per heavy atom. The van der Waals surface area contributed by atoms with Crippen molar-refractivity contribution in [2.24, 2.45) is 10.7 Å². The van der Waals surface area contributed by atoms with Gasteiger partial charge in [0.1, 0.15) is 6.04 Å². The van der Waals surface area contributed by atoms with Gasteiger partial charge in [0.2, 0.25) is 0 Å². The zero-order valence-corrected chi connectivity index (χ0v) is 11.3. The third-order valence-electron chi connectivity index (χ3n) is 3.37. The van der Waals surface area contributed by atoms with Crippen LogP contribution in [0.5, 0.6) is 0 Å². The maximum Gasteiger partial charge on any atom is 0.420 e. The molecule has 1 aromatic carbocycles. The van der Waals surface area contributed by atoms with Gasteiger partial charge in [-0.05, 0) is 17.5 Å². The predicted molar refractivity (Wildman–Crippen MR) is 74.3 cm³/mol. The molecule has 118 valence electrons. The maximum atomic E-state index is 13.4. The number of carbonyl (C=O) groups is 1. The summed E-state index contributed by atoms with van der Waals surface area (Å²) in [4.78, 5) is 14.3. The molecule has 1 aromatic rings. The number of benzene rings is 1. The molecule has 0 fully saturated rings. The molecule has 2 atom stereocenters. The third kappa shape index (κ3) is 2.96. The van der Waals surface area contributed by atoms with Crippen molar-refractivity contribution in [1.29, 1.82) is 0 Å². The molecular formula is C14H14F3N3O2. The quantitative estimate of drug-likeness (QED) is 0.787. The lowest BCUT2D eigenvalue weighted by molar-refractivity contribution is -0.174. The number of nitrogens with zero attached hydrogens (tertiary/aromatic N) is 1. The first kappa shape index (κ1) is 16.0. The molecule has 22 heavy (non-hydrogen) atoms. The van der Waals surface area contributed by atoms with Crippen LogP contribution in [0.2, 0.25) is 0 Å². The molecule has 0 aliphatic carbocycles. The number of nitrogens with one attached hydrogen (secondary N) is 1. The number of halogens is 3. The summed E-state index contributed by atoms with van der Waals surface area (Å²) in [6.07, 6.45) is -1.40. The summed E-state index contributed by atoms with van der Waals surface area (Å²) >= 11 is 0. The second-order valence-electron chi connectivity index (χ2n) is 4.89. The minimum Gasteiger partial charge on any atom is -0.480 e. The van der Waals surface area contributed by atoms with Crippen molar-refractivity contribution in [1.82, 2.24) is 5.32 Å². The van der Waals surface area contributed by atoms with E-state index in [4.69, 9.17) is 10.8 Å². The number of alkyl halides is 3. The van der Waals surface area contributed by atoms with Crippen LogP contribution in [-0.2, 0) is 16.8 Å². The van der Waals surface area contributed by atoms with Gasteiger partial charge in [-0.15, -0.1) is 0 Å². The van der Waals surface area contributed by atoms with E-state index in [1.165, 1.54) is 30.5 Å². The molecule has 0 radical (unpaired) electrons. The average molecular weight is 313 g/mol. The first-order valence-corrected chi connectivity index (χ1v) is 6.38. The molecule has 1 aliphatic heterocycles. The molecule has 0 amide bonds. The van der Waals surface area contributed by atoms with Crippen LogP contribution in [0.15, 0.2) is 41.7 Å². The summed E-state index contributed by atoms with van der Waals surface area (Å²) in [5.41, 5.74) is 3.51. The van der Waals surface area contributed by atoms with Crippen LogP contribution < -0.4 is 11.1 Å². The van der Waals surface area contributed by atoms with Gasteiger partial charge in [-0.25, -0.2) is 0 Å². The predicted octanol–water partition coefficient (Wildman–Crippen LogP) is 1.54. The van der Waals surface area contributed by atoms with Crippen LogP contribution in [0.1, 0.15) is 11.1 Å². The molecule has 0 bridgehead atoms. The zero-order valence-electron chi connectivity index (χ0n) is 11.3. The first-order chi connectivity index (χ1) is 10.3. The Morgan fingerprint density at radius 3 is 2.45 bits per heavy atom. The molecule has 1 heterocycles. The van der Waals surface area contributed by atoms with Crippen LogP contribution >= 0.6 is 0 Å². The first-order valence-electron chi connectivity index (χ1n) is 6.38. The van der Waals surface area contributed by atoms with Gasteiger partial charge in [-0.1, -0.05) is 24.3 Å². The molecule has 0 saturated heterocycles. The average Bonchev–Trinajstić information content (AvgIpc) is 2.47. The highest BCUT2D eigenvalue weighted by Gasteiger charge is 2.55. The summed E-state index contributed by atoms with van der Waals surface area (Å²) < 4.78 is 40.2. The smallest absolute Gasteiger partial charge is 0.420 e. The van der Waals surface area contributed by atoms with Crippen LogP contribution in [-0.4, -0.2) is 29.5 Å². The van der Waals surface area contributed by atoms with Crippen LogP contribution in [0.3, 0.4) is 0 Å². The standard InChI is InChI=1S/C14H14F3N3O2/c15-14(16,17)13(8-19-5-6-20-13)10-3-1-9(2-4-10)7-11(18)12(21)22/h1-6,8,11,20H,7,18H2,(H,21,22)/t11-,13?/m0/s1. The second kappa shape index (κ2) is 5.80. The van der Waals surface area contributed by atoms with Crippen molar-refractivity contribution in [2.75, 3.05) is 0 Å². The Labute approximate surface area is 124 Å². The summed E-state index contributed by atoms with van der Waals surface area (Å²) in [6, 6.07) is 4.34. The number of carboxylic acids is 1. The van der Waals surface area contributed by atoms with Gasteiger partial charge in [0.25, 0.3) is 0 Å². The van der Waals surface area contributed by atoms with Gasteiger partial charge in [0.15, 0.2) is 5.54 Å². The Kier molecular flexibility index (Phi) is 4.23. The van der Waals surface area contributed by atoms with Crippen LogP contribution in [0, 0.1) is 0 Å². The van der Waals surface area contributed by atoms with Crippen LogP contribution in [0.25, 0.3) is 0 Å². The maximum absolute atomic E-state index is 13.4. The topological polar surface area (TPSA) is 87.7 Å².